The van der Waals surface area contributed by atoms with Gasteiger partial charge in [0.1, 0.15) is 0 Å². The molecule has 104 valence electrons. The van der Waals surface area contributed by atoms with Crippen LogP contribution in [0.3, 0.4) is 0 Å². The molecule has 1 heteroatoms. The summed E-state index contributed by atoms with van der Waals surface area (Å²) in [5.74, 6) is 0. The van der Waals surface area contributed by atoms with E-state index in [1.54, 1.807) is 0 Å². The topological polar surface area (TPSA) is 12.0 Å². The molecule has 0 aliphatic heterocycles. The van der Waals surface area contributed by atoms with E-state index >= 15 is 0 Å². The molecule has 0 aliphatic rings. The van der Waals surface area contributed by atoms with Gasteiger partial charge >= 0.3 is 0 Å². The Hall–Kier alpha value is -2.54. The van der Waals surface area contributed by atoms with Crippen LogP contribution in [0, 0.1) is 0 Å². The molecule has 3 aromatic carbocycles. The highest BCUT2D eigenvalue weighted by molar-refractivity contribution is 5.65. The van der Waals surface area contributed by atoms with Crippen molar-refractivity contribution in [2.75, 3.05) is 11.9 Å². The van der Waals surface area contributed by atoms with Gasteiger partial charge < -0.3 is 5.32 Å². The highest BCUT2D eigenvalue weighted by Crippen LogP contribution is 2.20. The van der Waals surface area contributed by atoms with Gasteiger partial charge in [0, 0.05) is 12.2 Å². The molecule has 1 nitrogen and oxygen atoms in total. The molecular formula is C20H19N. The third kappa shape index (κ3) is 3.73. The predicted molar refractivity (Wildman–Crippen MR) is 90.5 cm³/mol. The molecule has 0 aliphatic carbocycles. The summed E-state index contributed by atoms with van der Waals surface area (Å²) in [7, 11) is 0. The first-order valence-electron chi connectivity index (χ1n) is 7.35. The smallest absolute Gasteiger partial charge is 0.0340 e. The van der Waals surface area contributed by atoms with Crippen LogP contribution >= 0.6 is 0 Å². The molecule has 0 saturated heterocycles. The summed E-state index contributed by atoms with van der Waals surface area (Å²) in [6.45, 7) is 0.953. The van der Waals surface area contributed by atoms with Gasteiger partial charge in [0.25, 0.3) is 0 Å². The van der Waals surface area contributed by atoms with E-state index in [0.29, 0.717) is 0 Å². The standard InChI is InChI=1S/C20H19N/c1-3-7-17(8-4-1)15-16-21-20-13-11-19(12-14-20)18-9-5-2-6-10-18/h1-14,21H,15-16H2. The molecule has 0 aromatic heterocycles. The van der Waals surface area contributed by atoms with Crippen molar-refractivity contribution in [3.05, 3.63) is 90.5 Å². The van der Waals surface area contributed by atoms with Gasteiger partial charge in [-0.3, -0.25) is 0 Å². The maximum Gasteiger partial charge on any atom is 0.0340 e. The molecule has 3 rings (SSSR count). The molecule has 3 aromatic rings. The molecule has 0 amide bonds. The molecule has 0 atom stereocenters. The summed E-state index contributed by atoms with van der Waals surface area (Å²) in [6, 6.07) is 29.6. The van der Waals surface area contributed by atoms with E-state index in [0.717, 1.165) is 13.0 Å². The Morgan fingerprint density at radius 2 is 1.14 bits per heavy atom. The molecule has 0 saturated carbocycles. The molecule has 0 spiro atoms. The SMILES string of the molecule is c1ccc(CCNc2ccc(-c3ccccc3)cc2)cc1. The third-order valence-corrected chi connectivity index (χ3v) is 3.58. The fraction of sp³-hybridized carbons (Fsp3) is 0.100. The van der Waals surface area contributed by atoms with E-state index in [1.807, 2.05) is 6.07 Å². The van der Waals surface area contributed by atoms with Gasteiger partial charge in [0.2, 0.25) is 0 Å². The minimum absolute atomic E-state index is 0.953. The average Bonchev–Trinajstić information content (AvgIpc) is 2.57. The fourth-order valence-corrected chi connectivity index (χ4v) is 2.41. The zero-order chi connectivity index (χ0) is 14.3. The summed E-state index contributed by atoms with van der Waals surface area (Å²) in [5, 5.41) is 3.47. The van der Waals surface area contributed by atoms with Gasteiger partial charge in [-0.15, -0.1) is 0 Å². The molecule has 0 heterocycles. The van der Waals surface area contributed by atoms with Gasteiger partial charge in [0.15, 0.2) is 0 Å². The summed E-state index contributed by atoms with van der Waals surface area (Å²) >= 11 is 0. The zero-order valence-electron chi connectivity index (χ0n) is 12.0. The molecule has 0 fully saturated rings. The van der Waals surface area contributed by atoms with E-state index in [9.17, 15) is 0 Å². The summed E-state index contributed by atoms with van der Waals surface area (Å²) in [5.41, 5.74) is 5.05. The minimum atomic E-state index is 0.953. The average molecular weight is 273 g/mol. The maximum absolute atomic E-state index is 3.47. The van der Waals surface area contributed by atoms with Crippen LogP contribution in [0.2, 0.25) is 0 Å². The molecule has 0 unspecified atom stereocenters. The Kier molecular flexibility index (Phi) is 4.33. The number of benzene rings is 3. The minimum Gasteiger partial charge on any atom is -0.385 e. The fourth-order valence-electron chi connectivity index (χ4n) is 2.41. The van der Waals surface area contributed by atoms with Crippen molar-refractivity contribution < 1.29 is 0 Å². The number of nitrogens with one attached hydrogen (secondary N) is 1. The number of anilines is 1. The lowest BCUT2D eigenvalue weighted by atomic mass is 10.1. The van der Waals surface area contributed by atoms with Crippen molar-refractivity contribution >= 4 is 5.69 Å². The van der Waals surface area contributed by atoms with Gasteiger partial charge in [-0.2, -0.15) is 0 Å². The largest absolute Gasteiger partial charge is 0.385 e. The van der Waals surface area contributed by atoms with Crippen molar-refractivity contribution in [1.82, 2.24) is 0 Å². The van der Waals surface area contributed by atoms with Gasteiger partial charge in [-0.1, -0.05) is 72.8 Å². The second-order valence-electron chi connectivity index (χ2n) is 5.11. The van der Waals surface area contributed by atoms with E-state index in [4.69, 9.17) is 0 Å². The van der Waals surface area contributed by atoms with Gasteiger partial charge in [0.05, 0.1) is 0 Å². The Labute approximate surface area is 126 Å². The van der Waals surface area contributed by atoms with Gasteiger partial charge in [-0.25, -0.2) is 0 Å². The second-order valence-corrected chi connectivity index (χ2v) is 5.11. The Bertz CT molecular complexity index is 657. The van der Waals surface area contributed by atoms with Crippen molar-refractivity contribution in [3.8, 4) is 11.1 Å². The normalized spacial score (nSPS) is 10.3. The van der Waals surface area contributed by atoms with E-state index in [1.165, 1.54) is 22.4 Å². The molecule has 0 radical (unpaired) electrons. The third-order valence-electron chi connectivity index (χ3n) is 3.58. The molecule has 21 heavy (non-hydrogen) atoms. The van der Waals surface area contributed by atoms with Crippen LogP contribution in [-0.4, -0.2) is 6.54 Å². The molecular weight excluding hydrogens is 254 g/mol. The number of hydrogen-bond acceptors (Lipinski definition) is 1. The first-order chi connectivity index (χ1) is 10.4. The van der Waals surface area contributed by atoms with Crippen LogP contribution in [0.4, 0.5) is 5.69 Å². The Balaban J connectivity index is 1.58. The lowest BCUT2D eigenvalue weighted by Crippen LogP contribution is -2.04. The highest BCUT2D eigenvalue weighted by atomic mass is 14.9. The lowest BCUT2D eigenvalue weighted by Gasteiger charge is -2.08. The van der Waals surface area contributed by atoms with E-state index in [2.05, 4.69) is 84.2 Å². The van der Waals surface area contributed by atoms with E-state index < -0.39 is 0 Å². The second kappa shape index (κ2) is 6.76. The quantitative estimate of drug-likeness (QED) is 0.689. The maximum atomic E-state index is 3.47. The van der Waals surface area contributed by atoms with Crippen LogP contribution in [0.25, 0.3) is 11.1 Å². The molecule has 1 N–H and O–H groups in total. The van der Waals surface area contributed by atoms with Gasteiger partial charge in [-0.05, 0) is 35.2 Å². The zero-order valence-corrected chi connectivity index (χ0v) is 12.0. The van der Waals surface area contributed by atoms with Crippen molar-refractivity contribution in [2.24, 2.45) is 0 Å². The van der Waals surface area contributed by atoms with Crippen molar-refractivity contribution in [2.45, 2.75) is 6.42 Å². The number of rotatable bonds is 5. The van der Waals surface area contributed by atoms with Crippen molar-refractivity contribution in [3.63, 3.8) is 0 Å². The van der Waals surface area contributed by atoms with E-state index in [-0.39, 0.29) is 0 Å². The summed E-state index contributed by atoms with van der Waals surface area (Å²) in [4.78, 5) is 0. The first-order valence-corrected chi connectivity index (χ1v) is 7.35. The van der Waals surface area contributed by atoms with Crippen LogP contribution < -0.4 is 5.32 Å². The monoisotopic (exact) mass is 273 g/mol. The number of hydrogen-bond donors (Lipinski definition) is 1. The highest BCUT2D eigenvalue weighted by Gasteiger charge is 1.97. The Morgan fingerprint density at radius 3 is 1.81 bits per heavy atom. The van der Waals surface area contributed by atoms with Crippen LogP contribution in [0.1, 0.15) is 5.56 Å². The van der Waals surface area contributed by atoms with Crippen LogP contribution in [0.15, 0.2) is 84.9 Å². The summed E-state index contributed by atoms with van der Waals surface area (Å²) in [6.07, 6.45) is 1.04. The first kappa shape index (κ1) is 13.4. The predicted octanol–water partition coefficient (Wildman–Crippen LogP) is 5.01. The van der Waals surface area contributed by atoms with Crippen molar-refractivity contribution in [1.29, 1.82) is 0 Å². The van der Waals surface area contributed by atoms with Crippen LogP contribution in [-0.2, 0) is 6.42 Å². The molecule has 0 bridgehead atoms. The van der Waals surface area contributed by atoms with Crippen LogP contribution in [0.5, 0.6) is 0 Å². The Morgan fingerprint density at radius 1 is 0.571 bits per heavy atom. The lowest BCUT2D eigenvalue weighted by molar-refractivity contribution is 1.02. The summed E-state index contributed by atoms with van der Waals surface area (Å²) < 4.78 is 0.